The number of ether oxygens (including phenoxy) is 4. The minimum atomic E-state index is -0.898. The van der Waals surface area contributed by atoms with Crippen LogP contribution in [0.1, 0.15) is 13.3 Å². The second-order valence-electron chi connectivity index (χ2n) is 5.51. The van der Waals surface area contributed by atoms with Crippen LogP contribution in [-0.2, 0) is 38.1 Å². The van der Waals surface area contributed by atoms with Crippen molar-refractivity contribution in [2.45, 2.75) is 13.3 Å². The van der Waals surface area contributed by atoms with Crippen molar-refractivity contribution in [2.24, 2.45) is 0 Å². The third kappa shape index (κ3) is 17.5. The predicted octanol–water partition coefficient (Wildman–Crippen LogP) is -0.795. The van der Waals surface area contributed by atoms with Crippen LogP contribution < -0.4 is 5.32 Å². The molecule has 0 spiro atoms. The fourth-order valence-corrected chi connectivity index (χ4v) is 1.80. The van der Waals surface area contributed by atoms with Crippen LogP contribution in [0.2, 0.25) is 0 Å². The highest BCUT2D eigenvalue weighted by atomic mass is 16.6. The van der Waals surface area contributed by atoms with Gasteiger partial charge in [-0.3, -0.25) is 24.1 Å². The molecule has 3 amide bonds. The maximum absolute atomic E-state index is 11.7. The molecule has 0 saturated carbocycles. The van der Waals surface area contributed by atoms with E-state index in [-0.39, 0.29) is 32.7 Å². The molecular weight excluding hydrogens is 388 g/mol. The summed E-state index contributed by atoms with van der Waals surface area (Å²) >= 11 is 0. The second kappa shape index (κ2) is 19.0. The van der Waals surface area contributed by atoms with Gasteiger partial charge in [0, 0.05) is 6.54 Å². The van der Waals surface area contributed by atoms with E-state index in [0.29, 0.717) is 46.1 Å². The van der Waals surface area contributed by atoms with Gasteiger partial charge >= 0.3 is 5.97 Å². The molecule has 0 aliphatic carbocycles. The van der Waals surface area contributed by atoms with Crippen molar-refractivity contribution in [3.05, 3.63) is 12.2 Å². The molecule has 0 aliphatic rings. The molecule has 0 atom stereocenters. The summed E-state index contributed by atoms with van der Waals surface area (Å²) in [4.78, 5) is 45.0. The normalized spacial score (nSPS) is 10.8. The van der Waals surface area contributed by atoms with E-state index in [1.807, 2.05) is 0 Å². The largest absolute Gasteiger partial charge is 0.481 e. The summed E-state index contributed by atoms with van der Waals surface area (Å²) < 4.78 is 20.9. The third-order valence-corrected chi connectivity index (χ3v) is 3.18. The van der Waals surface area contributed by atoms with Gasteiger partial charge in [0.15, 0.2) is 0 Å². The van der Waals surface area contributed by atoms with Crippen LogP contribution in [0, 0.1) is 0 Å². The number of allylic oxidation sites excluding steroid dienone is 1. The Hall–Kier alpha value is -2.34. The summed E-state index contributed by atoms with van der Waals surface area (Å²) in [6.07, 6.45) is 2.97. The van der Waals surface area contributed by atoms with E-state index in [9.17, 15) is 19.2 Å². The van der Waals surface area contributed by atoms with Gasteiger partial charge in [0.2, 0.25) is 12.3 Å². The highest BCUT2D eigenvalue weighted by molar-refractivity contribution is 5.97. The van der Waals surface area contributed by atoms with Crippen molar-refractivity contribution in [2.75, 3.05) is 65.9 Å². The van der Waals surface area contributed by atoms with Gasteiger partial charge in [-0.05, 0) is 13.0 Å². The summed E-state index contributed by atoms with van der Waals surface area (Å²) in [6, 6.07) is 0. The van der Waals surface area contributed by atoms with E-state index in [1.165, 1.54) is 12.2 Å². The number of nitrogens with one attached hydrogen (secondary N) is 1. The van der Waals surface area contributed by atoms with Gasteiger partial charge in [-0.15, -0.1) is 0 Å². The van der Waals surface area contributed by atoms with Gasteiger partial charge in [-0.1, -0.05) is 6.08 Å². The van der Waals surface area contributed by atoms with Gasteiger partial charge in [0.1, 0.15) is 6.54 Å². The minimum absolute atomic E-state index is 0.0276. The average molecular weight is 418 g/mol. The fraction of sp³-hybridized carbons (Fsp3) is 0.667. The van der Waals surface area contributed by atoms with Crippen molar-refractivity contribution in [3.8, 4) is 0 Å². The molecule has 0 aromatic rings. The first-order chi connectivity index (χ1) is 14.0. The van der Waals surface area contributed by atoms with Gasteiger partial charge in [-0.2, -0.15) is 0 Å². The van der Waals surface area contributed by atoms with Gasteiger partial charge in [0.25, 0.3) is 5.91 Å². The first kappa shape index (κ1) is 26.7. The van der Waals surface area contributed by atoms with Crippen LogP contribution >= 0.6 is 0 Å². The zero-order valence-electron chi connectivity index (χ0n) is 16.7. The Bertz CT molecular complexity index is 512. The lowest BCUT2D eigenvalue weighted by Crippen LogP contribution is -2.40. The number of carboxylic acids is 1. The van der Waals surface area contributed by atoms with E-state index in [1.54, 1.807) is 6.92 Å². The molecule has 0 heterocycles. The molecule has 166 valence electrons. The van der Waals surface area contributed by atoms with Gasteiger partial charge in [0.05, 0.1) is 59.3 Å². The molecule has 0 fully saturated rings. The molecule has 11 heteroatoms. The molecular formula is C18H30N2O9. The number of rotatable bonds is 19. The van der Waals surface area contributed by atoms with E-state index in [4.69, 9.17) is 24.1 Å². The van der Waals surface area contributed by atoms with E-state index < -0.39 is 17.8 Å². The molecule has 2 N–H and O–H groups in total. The maximum Gasteiger partial charge on any atom is 0.305 e. The standard InChI is InChI=1S/C18H30N2O9/c1-2-3-17(23)20(15-21)14-16(22)19-5-7-27-9-11-29-13-12-28-10-8-26-6-4-18(24)25/h2-3,15H,4-14H2,1H3,(H,19,22)(H,24,25)/b3-2-. The summed E-state index contributed by atoms with van der Waals surface area (Å²) in [6.45, 7) is 4.13. The molecule has 0 rings (SSSR count). The van der Waals surface area contributed by atoms with Crippen molar-refractivity contribution in [1.82, 2.24) is 10.2 Å². The summed E-state index contributed by atoms with van der Waals surface area (Å²) in [5.41, 5.74) is 0. The van der Waals surface area contributed by atoms with Crippen molar-refractivity contribution < 1.29 is 43.2 Å². The third-order valence-electron chi connectivity index (χ3n) is 3.18. The monoisotopic (exact) mass is 418 g/mol. The highest BCUT2D eigenvalue weighted by Crippen LogP contribution is 1.88. The molecule has 0 aromatic carbocycles. The maximum atomic E-state index is 11.7. The van der Waals surface area contributed by atoms with Crippen molar-refractivity contribution in [1.29, 1.82) is 0 Å². The molecule has 11 nitrogen and oxygen atoms in total. The quantitative estimate of drug-likeness (QED) is 0.157. The van der Waals surface area contributed by atoms with Crippen molar-refractivity contribution >= 4 is 24.2 Å². The first-order valence-electron chi connectivity index (χ1n) is 9.19. The van der Waals surface area contributed by atoms with E-state index >= 15 is 0 Å². The Morgan fingerprint density at radius 3 is 1.90 bits per heavy atom. The Balaban J connectivity index is 3.42. The topological polar surface area (TPSA) is 141 Å². The lowest BCUT2D eigenvalue weighted by molar-refractivity contribution is -0.139. The minimum Gasteiger partial charge on any atom is -0.481 e. The number of hydrogen-bond acceptors (Lipinski definition) is 8. The van der Waals surface area contributed by atoms with Crippen LogP contribution in [0.4, 0.5) is 0 Å². The number of aliphatic carboxylic acids is 1. The number of amides is 3. The zero-order valence-corrected chi connectivity index (χ0v) is 16.7. The van der Waals surface area contributed by atoms with Crippen molar-refractivity contribution in [3.63, 3.8) is 0 Å². The van der Waals surface area contributed by atoms with E-state index in [2.05, 4.69) is 5.32 Å². The molecule has 0 aliphatic heterocycles. The highest BCUT2D eigenvalue weighted by Gasteiger charge is 2.13. The van der Waals surface area contributed by atoms with Crippen LogP contribution in [0.5, 0.6) is 0 Å². The number of carboxylic acid groups (broad SMARTS) is 1. The van der Waals surface area contributed by atoms with Gasteiger partial charge in [-0.25, -0.2) is 0 Å². The predicted molar refractivity (Wildman–Crippen MR) is 101 cm³/mol. The number of carbonyl (C=O) groups is 4. The molecule has 0 unspecified atom stereocenters. The van der Waals surface area contributed by atoms with Crippen LogP contribution in [0.15, 0.2) is 12.2 Å². The Kier molecular flexibility index (Phi) is 17.5. The molecule has 0 radical (unpaired) electrons. The van der Waals surface area contributed by atoms with Crippen LogP contribution in [0.25, 0.3) is 0 Å². The molecule has 0 bridgehead atoms. The summed E-state index contributed by atoms with van der Waals surface area (Å²) in [5, 5.41) is 11.0. The molecule has 0 saturated heterocycles. The molecule has 29 heavy (non-hydrogen) atoms. The first-order valence-corrected chi connectivity index (χ1v) is 9.19. The second-order valence-corrected chi connectivity index (χ2v) is 5.51. The van der Waals surface area contributed by atoms with Crippen LogP contribution in [-0.4, -0.2) is 100 Å². The summed E-state index contributed by atoms with van der Waals surface area (Å²) in [7, 11) is 0. The molecule has 0 aromatic heterocycles. The summed E-state index contributed by atoms with van der Waals surface area (Å²) in [5.74, 6) is -1.91. The Labute approximate surface area is 169 Å². The smallest absolute Gasteiger partial charge is 0.305 e. The number of carbonyl (C=O) groups excluding carboxylic acids is 3. The number of hydrogen-bond donors (Lipinski definition) is 2. The zero-order chi connectivity index (χ0) is 21.7. The average Bonchev–Trinajstić information content (AvgIpc) is 2.68. The van der Waals surface area contributed by atoms with Crippen LogP contribution in [0.3, 0.4) is 0 Å². The van der Waals surface area contributed by atoms with Gasteiger partial charge < -0.3 is 29.4 Å². The Morgan fingerprint density at radius 2 is 1.41 bits per heavy atom. The number of imide groups is 1. The lowest BCUT2D eigenvalue weighted by atomic mass is 10.4. The Morgan fingerprint density at radius 1 is 0.897 bits per heavy atom. The van der Waals surface area contributed by atoms with E-state index in [0.717, 1.165) is 4.90 Å². The SMILES string of the molecule is C/C=C\C(=O)N(C=O)CC(=O)NCCOCCOCCOCCOCCC(=O)O. The fourth-order valence-electron chi connectivity index (χ4n) is 1.80. The number of nitrogens with zero attached hydrogens (tertiary/aromatic N) is 1. The lowest BCUT2D eigenvalue weighted by Gasteiger charge is -2.13.